The van der Waals surface area contributed by atoms with Crippen LogP contribution in [0.15, 0.2) is 122 Å². The summed E-state index contributed by atoms with van der Waals surface area (Å²) in [7, 11) is 0. The highest BCUT2D eigenvalue weighted by Gasteiger charge is 2.15. The first-order valence-electron chi connectivity index (χ1n) is 13.0. The van der Waals surface area contributed by atoms with Crippen LogP contribution in [0.3, 0.4) is 0 Å². The van der Waals surface area contributed by atoms with E-state index in [1.807, 2.05) is 23.7 Å². The molecule has 0 atom stereocenters. The van der Waals surface area contributed by atoms with Gasteiger partial charge in [-0.25, -0.2) is 0 Å². The Hall–Kier alpha value is -4.51. The van der Waals surface area contributed by atoms with Crippen LogP contribution in [0.4, 0.5) is 0 Å². The Kier molecular flexibility index (Phi) is 4.39. The molecule has 0 amide bonds. The molecule has 0 aliphatic rings. The molecule has 0 unspecified atom stereocenters. The van der Waals surface area contributed by atoms with E-state index >= 15 is 0 Å². The highest BCUT2D eigenvalue weighted by atomic mass is 32.1. The molecule has 0 spiro atoms. The molecule has 5 aromatic carbocycles. The number of hydrogen-bond acceptors (Lipinski definition) is 3. The van der Waals surface area contributed by atoms with E-state index < -0.39 is 0 Å². The number of rotatable bonds is 2. The summed E-state index contributed by atoms with van der Waals surface area (Å²) in [6.45, 7) is 0. The molecule has 0 aliphatic carbocycles. The van der Waals surface area contributed by atoms with Crippen LogP contribution in [0, 0.1) is 0 Å². The van der Waals surface area contributed by atoms with Crippen molar-refractivity contribution in [1.82, 2.24) is 9.55 Å². The average molecular weight is 533 g/mol. The van der Waals surface area contributed by atoms with Crippen molar-refractivity contribution in [1.29, 1.82) is 0 Å². The fraction of sp³-hybridized carbons (Fsp3) is 0. The Labute approximate surface area is 232 Å². The predicted octanol–water partition coefficient (Wildman–Crippen LogP) is 10.6. The Morgan fingerprint density at radius 2 is 1.10 bits per heavy atom. The molecular formula is C35H20N2S2. The molecule has 2 nitrogen and oxygen atoms in total. The van der Waals surface area contributed by atoms with Crippen molar-refractivity contribution in [3.63, 3.8) is 0 Å². The first kappa shape index (κ1) is 21.4. The summed E-state index contributed by atoms with van der Waals surface area (Å²) < 4.78 is 7.61. The van der Waals surface area contributed by atoms with Crippen LogP contribution < -0.4 is 0 Å². The van der Waals surface area contributed by atoms with Crippen molar-refractivity contribution >= 4 is 84.8 Å². The van der Waals surface area contributed by atoms with Crippen LogP contribution in [0.5, 0.6) is 0 Å². The van der Waals surface area contributed by atoms with Gasteiger partial charge in [-0.15, -0.1) is 22.7 Å². The third-order valence-corrected chi connectivity index (χ3v) is 10.2. The maximum absolute atomic E-state index is 4.33. The summed E-state index contributed by atoms with van der Waals surface area (Å²) in [6.07, 6.45) is 3.86. The minimum Gasteiger partial charge on any atom is -0.309 e. The zero-order valence-electron chi connectivity index (χ0n) is 20.8. The SMILES string of the molecule is c1ccc2c(c1)sc1ccc(-c3ccc4c(c3)c3ccccc3n4-c3ccc4sc5cnccc5c4c3)cc12. The van der Waals surface area contributed by atoms with Gasteiger partial charge < -0.3 is 4.57 Å². The van der Waals surface area contributed by atoms with Crippen molar-refractivity contribution in [2.75, 3.05) is 0 Å². The molecule has 0 aliphatic heterocycles. The quantitative estimate of drug-likeness (QED) is 0.216. The molecule has 0 radical (unpaired) electrons. The maximum atomic E-state index is 4.33. The highest BCUT2D eigenvalue weighted by molar-refractivity contribution is 7.26. The van der Waals surface area contributed by atoms with Crippen LogP contribution in [-0.2, 0) is 0 Å². The van der Waals surface area contributed by atoms with Gasteiger partial charge in [0, 0.05) is 64.5 Å². The number of nitrogens with zero attached hydrogens (tertiary/aromatic N) is 2. The minimum atomic E-state index is 1.18. The van der Waals surface area contributed by atoms with E-state index in [0.717, 1.165) is 0 Å². The zero-order chi connectivity index (χ0) is 25.5. The second kappa shape index (κ2) is 8.00. The molecule has 4 heteroatoms. The second-order valence-corrected chi connectivity index (χ2v) is 12.2. The minimum absolute atomic E-state index is 1.18. The smallest absolute Gasteiger partial charge is 0.0541 e. The molecule has 0 saturated heterocycles. The Balaban J connectivity index is 1.28. The summed E-state index contributed by atoms with van der Waals surface area (Å²) >= 11 is 3.67. The summed E-state index contributed by atoms with van der Waals surface area (Å²) in [5, 5.41) is 7.78. The molecule has 39 heavy (non-hydrogen) atoms. The number of pyridine rings is 1. The lowest BCUT2D eigenvalue weighted by Gasteiger charge is -2.09. The summed E-state index contributed by atoms with van der Waals surface area (Å²) in [6, 6.07) is 40.3. The Bertz CT molecular complexity index is 2400. The van der Waals surface area contributed by atoms with Crippen LogP contribution in [0.1, 0.15) is 0 Å². The van der Waals surface area contributed by atoms with Crippen LogP contribution in [-0.4, -0.2) is 9.55 Å². The van der Waals surface area contributed by atoms with Crippen molar-refractivity contribution in [2.45, 2.75) is 0 Å². The molecule has 0 fully saturated rings. The lowest BCUT2D eigenvalue weighted by atomic mass is 10.0. The molecule has 9 rings (SSSR count). The van der Waals surface area contributed by atoms with E-state index in [9.17, 15) is 0 Å². The number of hydrogen-bond donors (Lipinski definition) is 0. The van der Waals surface area contributed by atoms with E-state index in [1.165, 1.54) is 79.0 Å². The topological polar surface area (TPSA) is 17.8 Å². The fourth-order valence-corrected chi connectivity index (χ4v) is 8.23. The van der Waals surface area contributed by atoms with Crippen molar-refractivity contribution < 1.29 is 0 Å². The molecule has 0 saturated carbocycles. The number of aromatic nitrogens is 2. The third-order valence-electron chi connectivity index (χ3n) is 7.90. The first-order valence-corrected chi connectivity index (χ1v) is 14.7. The van der Waals surface area contributed by atoms with Gasteiger partial charge in [0.25, 0.3) is 0 Å². The molecule has 0 N–H and O–H groups in total. The van der Waals surface area contributed by atoms with Gasteiger partial charge in [0.1, 0.15) is 0 Å². The maximum Gasteiger partial charge on any atom is 0.0541 e. The van der Waals surface area contributed by atoms with Crippen molar-refractivity contribution in [2.24, 2.45) is 0 Å². The van der Waals surface area contributed by atoms with E-state index in [4.69, 9.17) is 0 Å². The van der Waals surface area contributed by atoms with Gasteiger partial charge in [0.2, 0.25) is 0 Å². The molecule has 0 bridgehead atoms. The van der Waals surface area contributed by atoms with E-state index in [1.54, 1.807) is 11.3 Å². The van der Waals surface area contributed by atoms with E-state index in [-0.39, 0.29) is 0 Å². The van der Waals surface area contributed by atoms with Crippen LogP contribution in [0.25, 0.3) is 79.0 Å². The lowest BCUT2D eigenvalue weighted by molar-refractivity contribution is 1.19. The molecule has 9 aromatic rings. The predicted molar refractivity (Wildman–Crippen MR) is 170 cm³/mol. The van der Waals surface area contributed by atoms with Gasteiger partial charge in [-0.2, -0.15) is 0 Å². The van der Waals surface area contributed by atoms with Crippen molar-refractivity contribution in [3.8, 4) is 16.8 Å². The summed E-state index contributed by atoms with van der Waals surface area (Å²) in [5.41, 5.74) is 6.13. The lowest BCUT2D eigenvalue weighted by Crippen LogP contribution is -1.93. The van der Waals surface area contributed by atoms with E-state index in [0.29, 0.717) is 0 Å². The normalized spacial score (nSPS) is 12.1. The van der Waals surface area contributed by atoms with Gasteiger partial charge >= 0.3 is 0 Å². The van der Waals surface area contributed by atoms with E-state index in [2.05, 4.69) is 119 Å². The summed E-state index contributed by atoms with van der Waals surface area (Å²) in [5.74, 6) is 0. The third kappa shape index (κ3) is 3.10. The summed E-state index contributed by atoms with van der Waals surface area (Å²) in [4.78, 5) is 4.33. The van der Waals surface area contributed by atoms with Gasteiger partial charge in [0.05, 0.1) is 15.7 Å². The van der Waals surface area contributed by atoms with Gasteiger partial charge in [-0.05, 0) is 71.8 Å². The molecule has 4 aromatic heterocycles. The standard InChI is InChI=1S/C35H20N2S2/c1-3-7-30-24(5-1)27-17-21(22-10-13-33-28(18-22)25-6-2-4-8-32(25)38-33)9-12-31(27)37(30)23-11-14-34-29(19-23)26-15-16-36-20-35(26)39-34/h1-20H. The monoisotopic (exact) mass is 532 g/mol. The Morgan fingerprint density at radius 3 is 2.03 bits per heavy atom. The average Bonchev–Trinajstić information content (AvgIpc) is 3.65. The number of para-hydroxylation sites is 1. The van der Waals surface area contributed by atoms with Gasteiger partial charge in [-0.1, -0.05) is 48.5 Å². The zero-order valence-corrected chi connectivity index (χ0v) is 22.4. The van der Waals surface area contributed by atoms with Gasteiger partial charge in [0.15, 0.2) is 0 Å². The highest BCUT2D eigenvalue weighted by Crippen LogP contribution is 2.40. The van der Waals surface area contributed by atoms with Crippen LogP contribution in [0.2, 0.25) is 0 Å². The number of benzene rings is 5. The number of thiophene rings is 2. The Morgan fingerprint density at radius 1 is 0.462 bits per heavy atom. The molecule has 182 valence electrons. The largest absolute Gasteiger partial charge is 0.309 e. The van der Waals surface area contributed by atoms with Crippen LogP contribution >= 0.6 is 22.7 Å². The number of fused-ring (bicyclic) bond motifs is 9. The van der Waals surface area contributed by atoms with Gasteiger partial charge in [-0.3, -0.25) is 4.98 Å². The second-order valence-electron chi connectivity index (χ2n) is 10.0. The fourth-order valence-electron chi connectivity index (χ4n) is 6.10. The van der Waals surface area contributed by atoms with Crippen molar-refractivity contribution in [3.05, 3.63) is 122 Å². The molecular weight excluding hydrogens is 513 g/mol. The first-order chi connectivity index (χ1) is 19.3. The molecule has 4 heterocycles.